The number of fused-ring (bicyclic) bond motifs is 1. The van der Waals surface area contributed by atoms with Gasteiger partial charge < -0.3 is 14.8 Å². The van der Waals surface area contributed by atoms with Gasteiger partial charge in [-0.3, -0.25) is 9.89 Å². The van der Waals surface area contributed by atoms with Gasteiger partial charge in [-0.15, -0.1) is 5.10 Å². The quantitative estimate of drug-likeness (QED) is 0.303. The van der Waals surface area contributed by atoms with Crippen molar-refractivity contribution in [3.8, 4) is 28.8 Å². The third-order valence-electron chi connectivity index (χ3n) is 5.93. The molecule has 4 rings (SSSR count). The molecular weight excluding hydrogens is 430 g/mol. The second kappa shape index (κ2) is 10.4. The van der Waals surface area contributed by atoms with E-state index < -0.39 is 0 Å². The lowest BCUT2D eigenvalue weighted by atomic mass is 9.98. The van der Waals surface area contributed by atoms with Crippen LogP contribution in [0.5, 0.6) is 17.4 Å². The van der Waals surface area contributed by atoms with Gasteiger partial charge in [-0.2, -0.15) is 4.63 Å². The molecule has 34 heavy (non-hydrogen) atoms. The smallest absolute Gasteiger partial charge is 0.245 e. The molecule has 0 spiro atoms. The van der Waals surface area contributed by atoms with E-state index in [1.165, 1.54) is 0 Å². The lowest BCUT2D eigenvalue weighted by molar-refractivity contribution is -0.120. The summed E-state index contributed by atoms with van der Waals surface area (Å²) in [7, 11) is 1.60. The number of hydrogen-bond donors (Lipinski definition) is 2. The van der Waals surface area contributed by atoms with Crippen molar-refractivity contribution in [1.29, 1.82) is 0 Å². The lowest BCUT2D eigenvalue weighted by Gasteiger charge is -2.15. The molecule has 0 saturated heterocycles. The number of anilines is 1. The number of benzene rings is 2. The summed E-state index contributed by atoms with van der Waals surface area (Å²) in [6.07, 6.45) is 3.89. The lowest BCUT2D eigenvalue weighted by Crippen LogP contribution is -2.22. The molecule has 1 unspecified atom stereocenters. The third-order valence-corrected chi connectivity index (χ3v) is 5.93. The zero-order valence-electron chi connectivity index (χ0n) is 20.1. The van der Waals surface area contributed by atoms with E-state index in [1.54, 1.807) is 11.7 Å². The maximum Gasteiger partial charge on any atom is 0.245 e. The minimum atomic E-state index is 0.0276. The number of ether oxygens (including phenoxy) is 2. The molecule has 1 atom stereocenters. The Morgan fingerprint density at radius 3 is 2.65 bits per heavy atom. The predicted octanol–water partition coefficient (Wildman–Crippen LogP) is 5.99. The summed E-state index contributed by atoms with van der Waals surface area (Å²) in [5, 5.41) is 10.8. The van der Waals surface area contributed by atoms with Crippen molar-refractivity contribution < 1.29 is 14.3 Å². The monoisotopic (exact) mass is 461 g/mol. The van der Waals surface area contributed by atoms with Crippen molar-refractivity contribution >= 4 is 17.2 Å². The highest BCUT2D eigenvalue weighted by Crippen LogP contribution is 2.33. The molecule has 2 aromatic carbocycles. The molecule has 0 aliphatic carbocycles. The zero-order valence-corrected chi connectivity index (χ0v) is 20.1. The fraction of sp³-hybridized carbons (Fsp3) is 0.346. The first-order chi connectivity index (χ1) is 16.5. The van der Waals surface area contributed by atoms with Crippen LogP contribution in [0.25, 0.3) is 17.0 Å². The van der Waals surface area contributed by atoms with Crippen LogP contribution in [0.3, 0.4) is 0 Å². The number of aromatic nitrogens is 4. The predicted molar refractivity (Wildman–Crippen MR) is 133 cm³/mol. The molecule has 0 aliphatic rings. The molecule has 2 aromatic heterocycles. The van der Waals surface area contributed by atoms with Gasteiger partial charge >= 0.3 is 0 Å². The Morgan fingerprint density at radius 1 is 1.15 bits per heavy atom. The zero-order chi connectivity index (χ0) is 24.1. The fourth-order valence-corrected chi connectivity index (χ4v) is 3.90. The number of carbonyl (C=O) groups excluding carboxylic acids is 1. The highest BCUT2D eigenvalue weighted by atomic mass is 16.5. The van der Waals surface area contributed by atoms with Crippen LogP contribution >= 0.6 is 0 Å². The van der Waals surface area contributed by atoms with Gasteiger partial charge in [0.15, 0.2) is 23.0 Å². The Bertz CT molecular complexity index is 1280. The summed E-state index contributed by atoms with van der Waals surface area (Å²) in [6, 6.07) is 15.1. The average Bonchev–Trinajstić information content (AvgIpc) is 3.39. The highest BCUT2D eigenvalue weighted by Gasteiger charge is 2.19. The van der Waals surface area contributed by atoms with Gasteiger partial charge in [0.2, 0.25) is 11.8 Å². The molecule has 0 radical (unpaired) electrons. The molecule has 0 aliphatic heterocycles. The molecule has 4 aromatic rings. The molecule has 178 valence electrons. The van der Waals surface area contributed by atoms with Gasteiger partial charge in [0.05, 0.1) is 12.7 Å². The van der Waals surface area contributed by atoms with E-state index in [2.05, 4.69) is 29.4 Å². The first-order valence-corrected chi connectivity index (χ1v) is 11.7. The molecule has 0 fully saturated rings. The van der Waals surface area contributed by atoms with Crippen LogP contribution in [0.15, 0.2) is 48.5 Å². The number of H-pyrrole nitrogens is 1. The maximum atomic E-state index is 12.7. The van der Waals surface area contributed by atoms with Gasteiger partial charge in [0.25, 0.3) is 0 Å². The van der Waals surface area contributed by atoms with Crippen LogP contribution < -0.4 is 14.8 Å². The second-order valence-corrected chi connectivity index (χ2v) is 8.31. The summed E-state index contributed by atoms with van der Waals surface area (Å²) in [5.74, 6) is 2.42. The van der Waals surface area contributed by atoms with Crippen LogP contribution in [0.2, 0.25) is 0 Å². The number of rotatable bonds is 10. The molecule has 2 N–H and O–H groups in total. The van der Waals surface area contributed by atoms with Crippen molar-refractivity contribution in [2.45, 2.75) is 46.5 Å². The number of aromatic amines is 1. The molecule has 1 amide bonds. The summed E-state index contributed by atoms with van der Waals surface area (Å²) in [6.45, 7) is 6.11. The Balaban J connectivity index is 1.54. The summed E-state index contributed by atoms with van der Waals surface area (Å²) < 4.78 is 12.9. The Kier molecular flexibility index (Phi) is 7.15. The molecule has 0 saturated carbocycles. The minimum Gasteiger partial charge on any atom is -0.493 e. The van der Waals surface area contributed by atoms with E-state index in [9.17, 15) is 4.79 Å². The van der Waals surface area contributed by atoms with Crippen molar-refractivity contribution in [2.75, 3.05) is 12.4 Å². The van der Waals surface area contributed by atoms with Crippen molar-refractivity contribution in [2.24, 2.45) is 5.92 Å². The van der Waals surface area contributed by atoms with Gasteiger partial charge in [0, 0.05) is 17.2 Å². The largest absolute Gasteiger partial charge is 0.493 e. The third kappa shape index (κ3) is 4.90. The van der Waals surface area contributed by atoms with Crippen molar-refractivity contribution in [1.82, 2.24) is 19.8 Å². The summed E-state index contributed by atoms with van der Waals surface area (Å²) in [5.41, 5.74) is 3.08. The molecule has 8 heteroatoms. The van der Waals surface area contributed by atoms with Crippen LogP contribution in [0.4, 0.5) is 5.69 Å². The minimum absolute atomic E-state index is 0.0276. The summed E-state index contributed by atoms with van der Waals surface area (Å²) >= 11 is 0. The van der Waals surface area contributed by atoms with Crippen LogP contribution in [-0.2, 0) is 4.79 Å². The number of unbranched alkanes of at least 4 members (excludes halogenated alkanes) is 1. The van der Waals surface area contributed by atoms with E-state index in [0.717, 1.165) is 42.5 Å². The van der Waals surface area contributed by atoms with E-state index in [1.807, 2.05) is 55.5 Å². The van der Waals surface area contributed by atoms with Gasteiger partial charge in [-0.25, -0.2) is 4.98 Å². The number of carbonyl (C=O) groups is 1. The Morgan fingerprint density at radius 2 is 1.94 bits per heavy atom. The Hall–Kier alpha value is -3.81. The molecule has 2 heterocycles. The number of hydrogen-bond acceptors (Lipinski definition) is 5. The van der Waals surface area contributed by atoms with Gasteiger partial charge in [-0.1, -0.05) is 51.0 Å². The van der Waals surface area contributed by atoms with Gasteiger partial charge in [0.1, 0.15) is 0 Å². The molecular formula is C26H31N5O3. The molecule has 0 bridgehead atoms. The standard InChI is InChI=1S/C26H31N5O3/c1-5-7-11-18(6-2)25(32)27-20-13-10-12-19(16-20)23-28-24-17(3)26(30-31(24)29-23)34-22-15-9-8-14-21(22)33-4/h8-10,12-16,18H,5-7,11H2,1-4H3,(H,27,32)(H,28,29). The van der Waals surface area contributed by atoms with E-state index in [4.69, 9.17) is 14.5 Å². The normalized spacial score (nSPS) is 12.0. The van der Waals surface area contributed by atoms with Crippen LogP contribution in [0, 0.1) is 12.8 Å². The van der Waals surface area contributed by atoms with E-state index in [0.29, 0.717) is 28.9 Å². The van der Waals surface area contributed by atoms with E-state index in [-0.39, 0.29) is 11.8 Å². The van der Waals surface area contributed by atoms with Crippen LogP contribution in [0.1, 0.15) is 45.1 Å². The number of para-hydroxylation sites is 2. The Labute approximate surface area is 199 Å². The number of nitrogens with zero attached hydrogens (tertiary/aromatic N) is 3. The van der Waals surface area contributed by atoms with Crippen LogP contribution in [-0.4, -0.2) is 32.8 Å². The number of nitrogens with one attached hydrogen (secondary N) is 2. The topological polar surface area (TPSA) is 93.5 Å². The SMILES string of the molecule is CCCCC(CC)C(=O)Nc1cccc(-c2nc3c(C)c(Oc4ccccc4OC)nn3[nH]2)c1. The van der Waals surface area contributed by atoms with Crippen molar-refractivity contribution in [3.05, 3.63) is 54.1 Å². The first kappa shape index (κ1) is 23.4. The van der Waals surface area contributed by atoms with E-state index >= 15 is 0 Å². The van der Waals surface area contributed by atoms with Gasteiger partial charge in [-0.05, 0) is 44.0 Å². The summed E-state index contributed by atoms with van der Waals surface area (Å²) in [4.78, 5) is 17.4. The average molecular weight is 462 g/mol. The number of methoxy groups -OCH3 is 1. The second-order valence-electron chi connectivity index (χ2n) is 8.31. The number of aryl methyl sites for hydroxylation is 1. The maximum absolute atomic E-state index is 12.7. The van der Waals surface area contributed by atoms with Crippen molar-refractivity contribution in [3.63, 3.8) is 0 Å². The first-order valence-electron chi connectivity index (χ1n) is 11.7. The fourth-order valence-electron chi connectivity index (χ4n) is 3.90. The molecule has 8 nitrogen and oxygen atoms in total. The highest BCUT2D eigenvalue weighted by molar-refractivity contribution is 5.93. The number of amides is 1.